The van der Waals surface area contributed by atoms with Gasteiger partial charge in [0.15, 0.2) is 0 Å². The molecule has 0 unspecified atom stereocenters. The van der Waals surface area contributed by atoms with E-state index < -0.39 is 0 Å². The molecule has 0 bridgehead atoms. The highest BCUT2D eigenvalue weighted by Gasteiger charge is 2.01. The van der Waals surface area contributed by atoms with Crippen molar-refractivity contribution in [2.45, 2.75) is 11.8 Å². The van der Waals surface area contributed by atoms with Crippen LogP contribution in [0, 0.1) is 0 Å². The van der Waals surface area contributed by atoms with Gasteiger partial charge in [0.1, 0.15) is 11.5 Å². The van der Waals surface area contributed by atoms with Crippen molar-refractivity contribution in [3.05, 3.63) is 82.9 Å². The Morgan fingerprint density at radius 2 is 1.04 bits per heavy atom. The Hall–Kier alpha value is -2.82. The van der Waals surface area contributed by atoms with Crippen molar-refractivity contribution in [1.82, 2.24) is 0 Å². The molecule has 0 saturated heterocycles. The number of nitrogens with zero attached hydrogens (tertiary/aromatic N) is 2. The number of aliphatic imine (C=N–C) groups is 2. The summed E-state index contributed by atoms with van der Waals surface area (Å²) in [5.74, 6) is 1.05. The van der Waals surface area contributed by atoms with E-state index in [0.717, 1.165) is 22.5 Å². The third-order valence-corrected chi connectivity index (χ3v) is 4.66. The fraction of sp³-hybridized carbons (Fsp3) is 0.0909. The summed E-state index contributed by atoms with van der Waals surface area (Å²) in [7, 11) is 0. The molecule has 0 aliphatic rings. The van der Waals surface area contributed by atoms with Crippen molar-refractivity contribution in [2.24, 2.45) is 9.98 Å². The number of phenolic OH excluding ortho intramolecular Hbond substituents is 2. The van der Waals surface area contributed by atoms with E-state index in [1.165, 1.54) is 0 Å². The molecule has 0 fully saturated rings. The third kappa shape index (κ3) is 5.12. The molecule has 3 aromatic rings. The summed E-state index contributed by atoms with van der Waals surface area (Å²) in [5.41, 5.74) is 4.48. The number of halogens is 2. The Kier molecular flexibility index (Phi) is 6.69. The molecule has 6 heteroatoms. The van der Waals surface area contributed by atoms with Gasteiger partial charge in [-0.05, 0) is 59.7 Å². The predicted molar refractivity (Wildman–Crippen MR) is 116 cm³/mol. The van der Waals surface area contributed by atoms with Gasteiger partial charge < -0.3 is 10.2 Å². The van der Waals surface area contributed by atoms with Crippen molar-refractivity contribution in [2.75, 3.05) is 0 Å². The average Bonchev–Trinajstić information content (AvgIpc) is 2.73. The fourth-order valence-electron chi connectivity index (χ4n) is 2.49. The molecule has 0 aliphatic carbocycles. The molecule has 3 rings (SSSR count). The van der Waals surface area contributed by atoms with E-state index in [-0.39, 0.29) is 11.5 Å². The monoisotopic (exact) mass is 412 g/mol. The standard InChI is InChI=1S/C22H18Cl2N2O2/c23-11-15-1-7-21(27)17(9-15)13-25-19-3-5-20(6-4-19)26-14-18-10-16(12-24)2-8-22(18)28/h1-10,13-14,27-28H,11-12H2. The van der Waals surface area contributed by atoms with Crippen molar-refractivity contribution in [3.63, 3.8) is 0 Å². The Morgan fingerprint density at radius 1 is 0.643 bits per heavy atom. The van der Waals surface area contributed by atoms with Crippen LogP contribution in [0.2, 0.25) is 0 Å². The second-order valence-electron chi connectivity index (χ2n) is 6.09. The van der Waals surface area contributed by atoms with Crippen LogP contribution in [-0.4, -0.2) is 22.6 Å². The lowest BCUT2D eigenvalue weighted by atomic mass is 10.1. The first-order valence-corrected chi connectivity index (χ1v) is 9.60. The SMILES string of the molecule is Oc1ccc(CCl)cc1C=Nc1ccc(N=Cc2cc(CCl)ccc2O)cc1. The summed E-state index contributed by atoms with van der Waals surface area (Å²) in [6, 6.07) is 17.6. The summed E-state index contributed by atoms with van der Waals surface area (Å²) in [6.45, 7) is 0. The van der Waals surface area contributed by atoms with Gasteiger partial charge in [0, 0.05) is 35.3 Å². The highest BCUT2D eigenvalue weighted by atomic mass is 35.5. The van der Waals surface area contributed by atoms with Crippen LogP contribution >= 0.6 is 23.2 Å². The molecule has 4 nitrogen and oxygen atoms in total. The summed E-state index contributed by atoms with van der Waals surface area (Å²) in [6.07, 6.45) is 3.19. The van der Waals surface area contributed by atoms with Crippen molar-refractivity contribution >= 4 is 47.0 Å². The number of hydrogen-bond donors (Lipinski definition) is 2. The van der Waals surface area contributed by atoms with Gasteiger partial charge in [0.2, 0.25) is 0 Å². The molecule has 142 valence electrons. The van der Waals surface area contributed by atoms with Gasteiger partial charge in [-0.25, -0.2) is 0 Å². The first kappa shape index (κ1) is 19.9. The van der Waals surface area contributed by atoms with E-state index in [1.807, 2.05) is 24.3 Å². The molecule has 3 aromatic carbocycles. The highest BCUT2D eigenvalue weighted by Crippen LogP contribution is 2.23. The van der Waals surface area contributed by atoms with E-state index in [4.69, 9.17) is 23.2 Å². The van der Waals surface area contributed by atoms with Crippen LogP contribution in [0.25, 0.3) is 0 Å². The van der Waals surface area contributed by atoms with Gasteiger partial charge in [0.05, 0.1) is 11.4 Å². The lowest BCUT2D eigenvalue weighted by Gasteiger charge is -2.02. The van der Waals surface area contributed by atoms with E-state index >= 15 is 0 Å². The van der Waals surface area contributed by atoms with Gasteiger partial charge in [-0.2, -0.15) is 0 Å². The number of phenols is 2. The van der Waals surface area contributed by atoms with E-state index in [1.54, 1.807) is 48.8 Å². The molecule has 28 heavy (non-hydrogen) atoms. The molecule has 0 heterocycles. The van der Waals surface area contributed by atoms with Gasteiger partial charge in [-0.15, -0.1) is 23.2 Å². The fourth-order valence-corrected chi connectivity index (χ4v) is 2.83. The second-order valence-corrected chi connectivity index (χ2v) is 6.62. The topological polar surface area (TPSA) is 65.2 Å². The highest BCUT2D eigenvalue weighted by molar-refractivity contribution is 6.17. The maximum absolute atomic E-state index is 9.91. The minimum Gasteiger partial charge on any atom is -0.507 e. The Labute approximate surface area is 173 Å². The van der Waals surface area contributed by atoms with Gasteiger partial charge in [0.25, 0.3) is 0 Å². The van der Waals surface area contributed by atoms with E-state index in [2.05, 4.69) is 9.98 Å². The summed E-state index contributed by atoms with van der Waals surface area (Å²) < 4.78 is 0. The second kappa shape index (κ2) is 9.40. The molecule has 0 spiro atoms. The number of hydrogen-bond acceptors (Lipinski definition) is 4. The van der Waals surface area contributed by atoms with Crippen molar-refractivity contribution in [3.8, 4) is 11.5 Å². The maximum atomic E-state index is 9.91. The van der Waals surface area contributed by atoms with Crippen molar-refractivity contribution < 1.29 is 10.2 Å². The van der Waals surface area contributed by atoms with Crippen LogP contribution in [0.15, 0.2) is 70.6 Å². The van der Waals surface area contributed by atoms with Gasteiger partial charge >= 0.3 is 0 Å². The predicted octanol–water partition coefficient (Wildman–Crippen LogP) is 6.08. The quantitative estimate of drug-likeness (QED) is 0.380. The number of alkyl halides is 2. The van der Waals surface area contributed by atoms with Crippen LogP contribution in [0.5, 0.6) is 11.5 Å². The van der Waals surface area contributed by atoms with Crippen molar-refractivity contribution in [1.29, 1.82) is 0 Å². The summed E-state index contributed by atoms with van der Waals surface area (Å²) in [4.78, 5) is 8.75. The van der Waals surface area contributed by atoms with E-state index in [0.29, 0.717) is 22.9 Å². The molecule has 0 radical (unpaired) electrons. The Morgan fingerprint density at radius 3 is 1.39 bits per heavy atom. The largest absolute Gasteiger partial charge is 0.507 e. The van der Waals surface area contributed by atoms with Crippen LogP contribution in [0.3, 0.4) is 0 Å². The molecule has 0 aromatic heterocycles. The van der Waals surface area contributed by atoms with Gasteiger partial charge in [-0.3, -0.25) is 9.98 Å². The summed E-state index contributed by atoms with van der Waals surface area (Å²) in [5, 5.41) is 19.8. The Bertz CT molecular complexity index is 933. The number of rotatable bonds is 6. The first-order chi connectivity index (χ1) is 13.6. The third-order valence-electron chi connectivity index (χ3n) is 4.05. The van der Waals surface area contributed by atoms with Crippen LogP contribution in [0.4, 0.5) is 11.4 Å². The maximum Gasteiger partial charge on any atom is 0.124 e. The number of aromatic hydroxyl groups is 2. The molecular weight excluding hydrogens is 395 g/mol. The molecule has 0 atom stereocenters. The van der Waals surface area contributed by atoms with Gasteiger partial charge in [-0.1, -0.05) is 12.1 Å². The zero-order valence-corrected chi connectivity index (χ0v) is 16.4. The molecule has 0 aliphatic heterocycles. The zero-order chi connectivity index (χ0) is 19.9. The minimum absolute atomic E-state index is 0.151. The van der Waals surface area contributed by atoms with Crippen LogP contribution < -0.4 is 0 Å². The average molecular weight is 413 g/mol. The van der Waals surface area contributed by atoms with Crippen LogP contribution in [-0.2, 0) is 11.8 Å². The lowest BCUT2D eigenvalue weighted by molar-refractivity contribution is 0.474. The smallest absolute Gasteiger partial charge is 0.124 e. The first-order valence-electron chi connectivity index (χ1n) is 8.53. The molecular formula is C22H18Cl2N2O2. The minimum atomic E-state index is 0.151. The Balaban J connectivity index is 1.73. The molecule has 2 N–H and O–H groups in total. The molecule has 0 saturated carbocycles. The normalized spacial score (nSPS) is 11.5. The van der Waals surface area contributed by atoms with E-state index in [9.17, 15) is 10.2 Å². The van der Waals surface area contributed by atoms with Crippen LogP contribution in [0.1, 0.15) is 22.3 Å². The lowest BCUT2D eigenvalue weighted by Crippen LogP contribution is -1.86. The number of benzene rings is 3. The summed E-state index contributed by atoms with van der Waals surface area (Å²) >= 11 is 11.6. The molecule has 0 amide bonds. The zero-order valence-electron chi connectivity index (χ0n) is 14.9.